The second-order valence-corrected chi connectivity index (χ2v) is 4.40. The van der Waals surface area contributed by atoms with Crippen molar-refractivity contribution in [1.82, 2.24) is 9.97 Å². The maximum absolute atomic E-state index is 11.4. The third-order valence-electron chi connectivity index (χ3n) is 2.26. The van der Waals surface area contributed by atoms with Gasteiger partial charge >= 0.3 is 0 Å². The summed E-state index contributed by atoms with van der Waals surface area (Å²) < 4.78 is 1.00. The van der Waals surface area contributed by atoms with Gasteiger partial charge in [0.1, 0.15) is 17.5 Å². The number of aromatic amines is 1. The molecular formula is C12H8BrN3O. The van der Waals surface area contributed by atoms with Crippen molar-refractivity contribution >= 4 is 15.9 Å². The molecule has 0 bridgehead atoms. The van der Waals surface area contributed by atoms with Crippen LogP contribution in [0.15, 0.2) is 39.7 Å². The van der Waals surface area contributed by atoms with E-state index in [1.165, 1.54) is 6.20 Å². The molecule has 0 unspecified atom stereocenters. The lowest BCUT2D eigenvalue weighted by Crippen LogP contribution is -2.14. The second-order valence-electron chi connectivity index (χ2n) is 3.49. The Morgan fingerprint density at radius 3 is 2.65 bits per heavy atom. The highest BCUT2D eigenvalue weighted by Gasteiger charge is 2.02. The predicted molar refractivity (Wildman–Crippen MR) is 66.5 cm³/mol. The Labute approximate surface area is 106 Å². The van der Waals surface area contributed by atoms with Crippen LogP contribution in [0.3, 0.4) is 0 Å². The topological polar surface area (TPSA) is 69.5 Å². The van der Waals surface area contributed by atoms with Crippen LogP contribution in [0.1, 0.15) is 17.0 Å². The second kappa shape index (κ2) is 4.93. The van der Waals surface area contributed by atoms with Gasteiger partial charge in [-0.2, -0.15) is 5.26 Å². The molecule has 0 aliphatic rings. The van der Waals surface area contributed by atoms with Crippen LogP contribution in [-0.4, -0.2) is 9.97 Å². The van der Waals surface area contributed by atoms with Crippen LogP contribution in [0.2, 0.25) is 0 Å². The highest BCUT2D eigenvalue weighted by atomic mass is 79.9. The molecule has 0 aliphatic carbocycles. The highest BCUT2D eigenvalue weighted by Crippen LogP contribution is 2.12. The van der Waals surface area contributed by atoms with Crippen LogP contribution in [-0.2, 0) is 6.42 Å². The quantitative estimate of drug-likeness (QED) is 0.919. The monoisotopic (exact) mass is 289 g/mol. The summed E-state index contributed by atoms with van der Waals surface area (Å²) in [7, 11) is 0. The molecule has 4 nitrogen and oxygen atoms in total. The zero-order valence-electron chi connectivity index (χ0n) is 8.77. The third kappa shape index (κ3) is 2.80. The maximum Gasteiger partial charge on any atom is 0.268 e. The number of hydrogen-bond donors (Lipinski definition) is 1. The molecule has 0 atom stereocenters. The van der Waals surface area contributed by atoms with Gasteiger partial charge in [-0.3, -0.25) is 4.79 Å². The zero-order chi connectivity index (χ0) is 12.3. The number of nitrogens with zero attached hydrogens (tertiary/aromatic N) is 2. The molecule has 0 radical (unpaired) electrons. The van der Waals surface area contributed by atoms with E-state index in [0.717, 1.165) is 10.0 Å². The lowest BCUT2D eigenvalue weighted by molar-refractivity contribution is 0.939. The van der Waals surface area contributed by atoms with Crippen molar-refractivity contribution < 1.29 is 0 Å². The van der Waals surface area contributed by atoms with E-state index in [4.69, 9.17) is 5.26 Å². The lowest BCUT2D eigenvalue weighted by atomic mass is 10.1. The Hall–Kier alpha value is -1.93. The Morgan fingerprint density at radius 2 is 2.06 bits per heavy atom. The normalized spacial score (nSPS) is 9.88. The minimum absolute atomic E-state index is 0.0320. The van der Waals surface area contributed by atoms with Gasteiger partial charge in [-0.25, -0.2) is 4.98 Å². The maximum atomic E-state index is 11.4. The zero-order valence-corrected chi connectivity index (χ0v) is 10.4. The molecule has 1 aromatic heterocycles. The van der Waals surface area contributed by atoms with Crippen molar-refractivity contribution in [3.8, 4) is 6.07 Å². The van der Waals surface area contributed by atoms with Gasteiger partial charge in [-0.05, 0) is 17.7 Å². The molecule has 0 saturated carbocycles. The van der Waals surface area contributed by atoms with Gasteiger partial charge in [0.15, 0.2) is 0 Å². The van der Waals surface area contributed by atoms with Crippen LogP contribution >= 0.6 is 15.9 Å². The summed E-state index contributed by atoms with van der Waals surface area (Å²) in [6.45, 7) is 0. The molecule has 84 valence electrons. The number of halogens is 1. The average Bonchev–Trinajstić information content (AvgIpc) is 2.32. The van der Waals surface area contributed by atoms with E-state index < -0.39 is 5.56 Å². The Bertz CT molecular complexity index is 625. The summed E-state index contributed by atoms with van der Waals surface area (Å²) in [6.07, 6.45) is 1.83. The lowest BCUT2D eigenvalue weighted by Gasteiger charge is -2.01. The van der Waals surface area contributed by atoms with Gasteiger partial charge in [-0.1, -0.05) is 28.1 Å². The van der Waals surface area contributed by atoms with Crippen LogP contribution in [0, 0.1) is 11.3 Å². The predicted octanol–water partition coefficient (Wildman–Crippen LogP) is 1.99. The molecule has 5 heteroatoms. The molecule has 0 spiro atoms. The van der Waals surface area contributed by atoms with E-state index in [-0.39, 0.29) is 5.56 Å². The van der Waals surface area contributed by atoms with Gasteiger partial charge in [0.25, 0.3) is 5.56 Å². The van der Waals surface area contributed by atoms with Crippen molar-refractivity contribution in [2.45, 2.75) is 6.42 Å². The van der Waals surface area contributed by atoms with Gasteiger partial charge in [0.2, 0.25) is 0 Å². The van der Waals surface area contributed by atoms with Crippen LogP contribution in [0.4, 0.5) is 0 Å². The van der Waals surface area contributed by atoms with E-state index in [1.807, 2.05) is 24.3 Å². The first kappa shape index (κ1) is 11.6. The van der Waals surface area contributed by atoms with Crippen molar-refractivity contribution in [2.75, 3.05) is 0 Å². The number of nitrogens with one attached hydrogen (secondary N) is 1. The van der Waals surface area contributed by atoms with Gasteiger partial charge in [0.05, 0.1) is 6.20 Å². The van der Waals surface area contributed by atoms with Crippen LogP contribution in [0.5, 0.6) is 0 Å². The molecule has 1 N–H and O–H groups in total. The molecule has 0 fully saturated rings. The Kier molecular flexibility index (Phi) is 3.35. The fourth-order valence-corrected chi connectivity index (χ4v) is 1.66. The van der Waals surface area contributed by atoms with Gasteiger partial charge < -0.3 is 4.98 Å². The van der Waals surface area contributed by atoms with E-state index in [0.29, 0.717) is 12.2 Å². The number of nitriles is 1. The SMILES string of the molecule is N#Cc1cnc(Cc2ccc(Br)cc2)[nH]c1=O. The Balaban J connectivity index is 2.25. The minimum Gasteiger partial charge on any atom is -0.309 e. The van der Waals surface area contributed by atoms with E-state index in [9.17, 15) is 4.79 Å². The summed E-state index contributed by atoms with van der Waals surface area (Å²) in [5.41, 5.74) is 0.681. The largest absolute Gasteiger partial charge is 0.309 e. The first-order valence-electron chi connectivity index (χ1n) is 4.92. The molecular weight excluding hydrogens is 282 g/mol. The first-order chi connectivity index (χ1) is 8.19. The van der Waals surface area contributed by atoms with Crippen molar-refractivity contribution in [1.29, 1.82) is 5.26 Å². The van der Waals surface area contributed by atoms with E-state index >= 15 is 0 Å². The van der Waals surface area contributed by atoms with E-state index in [2.05, 4.69) is 25.9 Å². The fourth-order valence-electron chi connectivity index (χ4n) is 1.40. The first-order valence-corrected chi connectivity index (χ1v) is 5.71. The smallest absolute Gasteiger partial charge is 0.268 e. The highest BCUT2D eigenvalue weighted by molar-refractivity contribution is 9.10. The number of aromatic nitrogens is 2. The molecule has 1 heterocycles. The van der Waals surface area contributed by atoms with Crippen molar-refractivity contribution in [3.05, 3.63) is 62.2 Å². The van der Waals surface area contributed by atoms with Crippen LogP contribution in [0.25, 0.3) is 0 Å². The molecule has 0 amide bonds. The summed E-state index contributed by atoms with van der Waals surface area (Å²) in [6, 6.07) is 9.53. The molecule has 2 aromatic rings. The fraction of sp³-hybridized carbons (Fsp3) is 0.0833. The summed E-state index contributed by atoms with van der Waals surface area (Å²) in [5.74, 6) is 0.552. The van der Waals surface area contributed by atoms with Crippen molar-refractivity contribution in [2.24, 2.45) is 0 Å². The number of H-pyrrole nitrogens is 1. The summed E-state index contributed by atoms with van der Waals surface area (Å²) in [4.78, 5) is 18.0. The molecule has 0 saturated heterocycles. The number of benzene rings is 1. The van der Waals surface area contributed by atoms with E-state index in [1.54, 1.807) is 6.07 Å². The van der Waals surface area contributed by atoms with Crippen molar-refractivity contribution in [3.63, 3.8) is 0 Å². The van der Waals surface area contributed by atoms with Crippen LogP contribution < -0.4 is 5.56 Å². The minimum atomic E-state index is -0.394. The molecule has 1 aromatic carbocycles. The average molecular weight is 290 g/mol. The number of rotatable bonds is 2. The summed E-state index contributed by atoms with van der Waals surface area (Å²) in [5, 5.41) is 8.61. The third-order valence-corrected chi connectivity index (χ3v) is 2.79. The van der Waals surface area contributed by atoms with Gasteiger partial charge in [-0.15, -0.1) is 0 Å². The summed E-state index contributed by atoms with van der Waals surface area (Å²) >= 11 is 3.35. The number of hydrogen-bond acceptors (Lipinski definition) is 3. The Morgan fingerprint density at radius 1 is 1.35 bits per heavy atom. The molecule has 17 heavy (non-hydrogen) atoms. The van der Waals surface area contributed by atoms with Gasteiger partial charge in [0, 0.05) is 10.9 Å². The standard InChI is InChI=1S/C12H8BrN3O/c13-10-3-1-8(2-4-10)5-11-15-7-9(6-14)12(17)16-11/h1-4,7H,5H2,(H,15,16,17). The molecule has 2 rings (SSSR count). The molecule has 0 aliphatic heterocycles.